The van der Waals surface area contributed by atoms with Gasteiger partial charge >= 0.3 is 0 Å². The van der Waals surface area contributed by atoms with Crippen LogP contribution in [0.15, 0.2) is 0 Å². The summed E-state index contributed by atoms with van der Waals surface area (Å²) in [6.45, 7) is 5.81. The van der Waals surface area contributed by atoms with E-state index in [1.54, 1.807) is 0 Å². The van der Waals surface area contributed by atoms with Crippen molar-refractivity contribution in [3.8, 4) is 0 Å². The lowest BCUT2D eigenvalue weighted by atomic mass is 10.0. The Bertz CT molecular complexity index is 332. The van der Waals surface area contributed by atoms with E-state index in [1.165, 1.54) is 7.05 Å². The molecule has 0 bridgehead atoms. The minimum absolute atomic E-state index is 0.0921. The number of rotatable bonds is 9. The number of carbonyl (C=O) groups is 3. The predicted molar refractivity (Wildman–Crippen MR) is 78.0 cm³/mol. The molecule has 6 nitrogen and oxygen atoms in total. The maximum atomic E-state index is 11.6. The lowest BCUT2D eigenvalue weighted by molar-refractivity contribution is -0.129. The Hall–Kier alpha value is -1.59. The number of nitrogens with one attached hydrogen (secondary N) is 3. The van der Waals surface area contributed by atoms with Crippen molar-refractivity contribution in [3.63, 3.8) is 0 Å². The van der Waals surface area contributed by atoms with Gasteiger partial charge in [-0.15, -0.1) is 0 Å². The zero-order chi connectivity index (χ0) is 15.5. The van der Waals surface area contributed by atoms with E-state index in [2.05, 4.69) is 22.9 Å². The van der Waals surface area contributed by atoms with E-state index in [0.29, 0.717) is 18.8 Å². The summed E-state index contributed by atoms with van der Waals surface area (Å²) in [7, 11) is 1.52. The highest BCUT2D eigenvalue weighted by Crippen LogP contribution is 2.08. The zero-order valence-electron chi connectivity index (χ0n) is 12.9. The minimum atomic E-state index is -0.552. The molecule has 2 unspecified atom stereocenters. The van der Waals surface area contributed by atoms with Gasteiger partial charge in [0.25, 0.3) is 0 Å². The van der Waals surface area contributed by atoms with Gasteiger partial charge in [0.05, 0.1) is 6.54 Å². The summed E-state index contributed by atoms with van der Waals surface area (Å²) < 4.78 is 0. The summed E-state index contributed by atoms with van der Waals surface area (Å²) in [6, 6.07) is -0.552. The van der Waals surface area contributed by atoms with Gasteiger partial charge in [0.15, 0.2) is 0 Å². The maximum absolute atomic E-state index is 11.6. The number of hydrogen-bond donors (Lipinski definition) is 3. The number of hydrogen-bond acceptors (Lipinski definition) is 3. The zero-order valence-corrected chi connectivity index (χ0v) is 12.9. The number of carbonyl (C=O) groups excluding carboxylic acids is 3. The fraction of sp³-hybridized carbons (Fsp3) is 0.786. The van der Waals surface area contributed by atoms with Crippen molar-refractivity contribution >= 4 is 17.7 Å². The molecule has 0 aliphatic rings. The lowest BCUT2D eigenvalue weighted by Gasteiger charge is -2.16. The van der Waals surface area contributed by atoms with E-state index in [4.69, 9.17) is 0 Å². The summed E-state index contributed by atoms with van der Waals surface area (Å²) in [4.78, 5) is 34.7. The lowest BCUT2D eigenvalue weighted by Crippen LogP contribution is -2.48. The molecule has 0 aliphatic heterocycles. The van der Waals surface area contributed by atoms with Crippen molar-refractivity contribution < 1.29 is 14.4 Å². The fourth-order valence-electron chi connectivity index (χ4n) is 1.93. The molecule has 3 N–H and O–H groups in total. The van der Waals surface area contributed by atoms with Gasteiger partial charge in [0.2, 0.25) is 17.7 Å². The number of amides is 3. The first kappa shape index (κ1) is 18.4. The second-order valence-electron chi connectivity index (χ2n) is 5.02. The Balaban J connectivity index is 4.03. The van der Waals surface area contributed by atoms with Crippen molar-refractivity contribution in [3.05, 3.63) is 0 Å². The summed E-state index contributed by atoms with van der Waals surface area (Å²) >= 11 is 0. The average molecular weight is 285 g/mol. The van der Waals surface area contributed by atoms with Gasteiger partial charge in [-0.05, 0) is 12.3 Å². The van der Waals surface area contributed by atoms with Crippen LogP contribution in [-0.2, 0) is 14.4 Å². The second kappa shape index (κ2) is 10.2. The Morgan fingerprint density at radius 1 is 1.10 bits per heavy atom. The van der Waals surface area contributed by atoms with Crippen LogP contribution in [0.3, 0.4) is 0 Å². The van der Waals surface area contributed by atoms with Gasteiger partial charge in [0, 0.05) is 13.5 Å². The van der Waals surface area contributed by atoms with Crippen LogP contribution in [0, 0.1) is 5.92 Å². The molecule has 0 aliphatic carbocycles. The monoisotopic (exact) mass is 285 g/mol. The van der Waals surface area contributed by atoms with Crippen LogP contribution < -0.4 is 16.0 Å². The summed E-state index contributed by atoms with van der Waals surface area (Å²) in [6.07, 6.45) is 2.97. The molecule has 20 heavy (non-hydrogen) atoms. The molecule has 0 fully saturated rings. The third-order valence-electron chi connectivity index (χ3n) is 3.07. The molecule has 3 amide bonds. The van der Waals surface area contributed by atoms with Gasteiger partial charge in [-0.3, -0.25) is 14.4 Å². The molecule has 0 aromatic rings. The second-order valence-corrected chi connectivity index (χ2v) is 5.02. The van der Waals surface area contributed by atoms with Gasteiger partial charge in [0.1, 0.15) is 6.04 Å². The van der Waals surface area contributed by atoms with Crippen molar-refractivity contribution in [1.29, 1.82) is 0 Å². The topological polar surface area (TPSA) is 87.3 Å². The largest absolute Gasteiger partial charge is 0.357 e. The van der Waals surface area contributed by atoms with Crippen molar-refractivity contribution in [2.24, 2.45) is 5.92 Å². The normalized spacial score (nSPS) is 13.2. The third-order valence-corrected chi connectivity index (χ3v) is 3.07. The summed E-state index contributed by atoms with van der Waals surface area (Å²) in [5.41, 5.74) is 0. The molecule has 0 saturated carbocycles. The molecule has 2 atom stereocenters. The standard InChI is InChI=1S/C14H27N3O3/c1-5-7-10(3)8-12(18)16-9-13(19)17-11(6-2)14(20)15-4/h10-11H,5-9H2,1-4H3,(H,15,20)(H,16,18)(H,17,19). The summed E-state index contributed by atoms with van der Waals surface area (Å²) in [5.74, 6) is -0.396. The van der Waals surface area contributed by atoms with E-state index >= 15 is 0 Å². The van der Waals surface area contributed by atoms with Crippen molar-refractivity contribution in [2.75, 3.05) is 13.6 Å². The SMILES string of the molecule is CCCC(C)CC(=O)NCC(=O)NC(CC)C(=O)NC. The van der Waals surface area contributed by atoms with Gasteiger partial charge < -0.3 is 16.0 Å². The van der Waals surface area contributed by atoms with Crippen LogP contribution >= 0.6 is 0 Å². The van der Waals surface area contributed by atoms with Crippen LogP contribution in [0.4, 0.5) is 0 Å². The molecular formula is C14H27N3O3. The first-order chi connectivity index (χ1) is 9.44. The molecule has 0 rings (SSSR count). The maximum Gasteiger partial charge on any atom is 0.242 e. The first-order valence-corrected chi connectivity index (χ1v) is 7.22. The molecule has 0 aromatic heterocycles. The molecule has 0 saturated heterocycles. The highest BCUT2D eigenvalue weighted by atomic mass is 16.2. The van der Waals surface area contributed by atoms with E-state index in [-0.39, 0.29) is 24.3 Å². The van der Waals surface area contributed by atoms with Gasteiger partial charge in [-0.2, -0.15) is 0 Å². The van der Waals surface area contributed by atoms with E-state index in [9.17, 15) is 14.4 Å². The highest BCUT2D eigenvalue weighted by molar-refractivity contribution is 5.89. The van der Waals surface area contributed by atoms with Gasteiger partial charge in [-0.25, -0.2) is 0 Å². The summed E-state index contributed by atoms with van der Waals surface area (Å²) in [5, 5.41) is 7.65. The fourth-order valence-corrected chi connectivity index (χ4v) is 1.93. The molecule has 0 aromatic carbocycles. The average Bonchev–Trinajstić information content (AvgIpc) is 2.41. The molecule has 116 valence electrons. The Morgan fingerprint density at radius 3 is 2.25 bits per heavy atom. The highest BCUT2D eigenvalue weighted by Gasteiger charge is 2.17. The molecule has 6 heteroatoms. The smallest absolute Gasteiger partial charge is 0.242 e. The Morgan fingerprint density at radius 2 is 1.75 bits per heavy atom. The van der Waals surface area contributed by atoms with Crippen LogP contribution in [0.1, 0.15) is 46.5 Å². The van der Waals surface area contributed by atoms with Crippen LogP contribution in [0.2, 0.25) is 0 Å². The molecule has 0 spiro atoms. The Kier molecular flexibility index (Phi) is 9.41. The Labute approximate surface area is 121 Å². The van der Waals surface area contributed by atoms with Crippen LogP contribution in [0.25, 0.3) is 0 Å². The van der Waals surface area contributed by atoms with E-state index in [0.717, 1.165) is 12.8 Å². The molecule has 0 radical (unpaired) electrons. The molecular weight excluding hydrogens is 258 g/mol. The van der Waals surface area contributed by atoms with Crippen molar-refractivity contribution in [2.45, 2.75) is 52.5 Å². The first-order valence-electron chi connectivity index (χ1n) is 7.22. The van der Waals surface area contributed by atoms with Gasteiger partial charge in [-0.1, -0.05) is 33.6 Å². The third kappa shape index (κ3) is 7.76. The predicted octanol–water partition coefficient (Wildman–Crippen LogP) is 0.570. The minimum Gasteiger partial charge on any atom is -0.357 e. The van der Waals surface area contributed by atoms with Crippen molar-refractivity contribution in [1.82, 2.24) is 16.0 Å². The van der Waals surface area contributed by atoms with Crippen LogP contribution in [-0.4, -0.2) is 37.4 Å². The number of likely N-dealkylation sites (N-methyl/N-ethyl adjacent to an activating group) is 1. The van der Waals surface area contributed by atoms with Crippen LogP contribution in [0.5, 0.6) is 0 Å². The van der Waals surface area contributed by atoms with E-state index < -0.39 is 6.04 Å². The molecule has 0 heterocycles. The van der Waals surface area contributed by atoms with E-state index in [1.807, 2.05) is 13.8 Å². The quantitative estimate of drug-likeness (QED) is 0.579.